The van der Waals surface area contributed by atoms with E-state index in [1.54, 1.807) is 0 Å². The van der Waals surface area contributed by atoms with Gasteiger partial charge in [0.25, 0.3) is 0 Å². The molecule has 8 heavy (non-hydrogen) atoms. The standard InChI is InChI=1S/C4H7O3.Na/c1-4(2,7)3(5)6;/h7H,1H2,2H3,(H,5,6);. The van der Waals surface area contributed by atoms with E-state index in [-0.39, 0.29) is 0 Å². The van der Waals surface area contributed by atoms with E-state index in [2.05, 4.69) is 0 Å². The molecule has 0 amide bonds. The van der Waals surface area contributed by atoms with Crippen molar-refractivity contribution in [1.82, 2.24) is 0 Å². The number of rotatable bonds is 2. The second-order valence-corrected chi connectivity index (χ2v) is 2.64. The van der Waals surface area contributed by atoms with E-state index in [1.807, 2.05) is 0 Å². The van der Waals surface area contributed by atoms with Crippen LogP contribution in [0.25, 0.3) is 0 Å². The van der Waals surface area contributed by atoms with Crippen LogP contribution >= 0.6 is 0 Å². The van der Waals surface area contributed by atoms with Crippen LogP contribution in [0.2, 0.25) is 3.67 Å². The summed E-state index contributed by atoms with van der Waals surface area (Å²) in [6, 6.07) is 0. The Hall–Kier alpha value is 0.430. The molecule has 0 bridgehead atoms. The zero-order valence-corrected chi connectivity index (χ0v) is 7.01. The van der Waals surface area contributed by atoms with Crippen LogP contribution in [0.1, 0.15) is 6.92 Å². The second kappa shape index (κ2) is 2.82. The number of carboxylic acid groups (broad SMARTS) is 1. The molecular weight excluding hydrogens is 119 g/mol. The Morgan fingerprint density at radius 3 is 2.25 bits per heavy atom. The third kappa shape index (κ3) is 2.13. The fourth-order valence-electron chi connectivity index (χ4n) is 0.151. The molecule has 1 unspecified atom stereocenters. The van der Waals surface area contributed by atoms with E-state index in [9.17, 15) is 4.79 Å². The summed E-state index contributed by atoms with van der Waals surface area (Å²) in [5, 5.41) is 17.0. The average Bonchev–Trinajstić information content (AvgIpc) is 1.67. The molecule has 2 N–H and O–H groups in total. The van der Waals surface area contributed by atoms with Gasteiger partial charge < -0.3 is 0 Å². The van der Waals surface area contributed by atoms with E-state index in [1.165, 1.54) is 6.92 Å². The van der Waals surface area contributed by atoms with Crippen molar-refractivity contribution in [3.63, 3.8) is 0 Å². The van der Waals surface area contributed by atoms with Gasteiger partial charge in [-0.1, -0.05) is 0 Å². The van der Waals surface area contributed by atoms with Gasteiger partial charge in [0.1, 0.15) is 0 Å². The molecular formula is C4H7NaO3. The Morgan fingerprint density at radius 1 is 1.88 bits per heavy atom. The minimum atomic E-state index is -1.48. The van der Waals surface area contributed by atoms with Crippen LogP contribution in [0, 0.1) is 0 Å². The molecule has 42 valence electrons. The molecule has 0 aromatic heterocycles. The summed E-state index contributed by atoms with van der Waals surface area (Å²) in [4.78, 5) is 10.0. The van der Waals surface area contributed by atoms with Crippen molar-refractivity contribution in [2.75, 3.05) is 0 Å². The zero-order chi connectivity index (χ0) is 6.78. The summed E-state index contributed by atoms with van der Waals surface area (Å²) in [5.74, 6) is -1.13. The summed E-state index contributed by atoms with van der Waals surface area (Å²) in [7, 11) is 0. The van der Waals surface area contributed by atoms with Crippen LogP contribution in [0.5, 0.6) is 0 Å². The molecule has 0 fully saturated rings. The topological polar surface area (TPSA) is 57.5 Å². The van der Waals surface area contributed by atoms with Gasteiger partial charge in [0, 0.05) is 0 Å². The van der Waals surface area contributed by atoms with Crippen LogP contribution in [-0.4, -0.2) is 49.7 Å². The van der Waals surface area contributed by atoms with E-state index >= 15 is 0 Å². The molecule has 0 rings (SSSR count). The first kappa shape index (κ1) is 8.43. The third-order valence-electron chi connectivity index (χ3n) is 1.15. The van der Waals surface area contributed by atoms with Crippen molar-refractivity contribution < 1.29 is 15.0 Å². The minimum absolute atomic E-state index is 0.377. The van der Waals surface area contributed by atoms with Gasteiger partial charge in [0.15, 0.2) is 0 Å². The molecule has 0 saturated heterocycles. The number of aliphatic hydroxyl groups is 1. The third-order valence-corrected chi connectivity index (χ3v) is 2.53. The van der Waals surface area contributed by atoms with Gasteiger partial charge >= 0.3 is 65.1 Å². The van der Waals surface area contributed by atoms with Crippen LogP contribution < -0.4 is 0 Å². The normalized spacial score (nSPS) is 17.5. The van der Waals surface area contributed by atoms with Crippen LogP contribution in [0.15, 0.2) is 0 Å². The molecule has 0 aliphatic carbocycles. The van der Waals surface area contributed by atoms with Gasteiger partial charge in [-0.25, -0.2) is 0 Å². The van der Waals surface area contributed by atoms with Crippen molar-refractivity contribution in [3.8, 4) is 0 Å². The Balaban J connectivity index is 3.91. The average molecular weight is 126 g/mol. The molecule has 0 heterocycles. The molecule has 0 aromatic carbocycles. The molecule has 0 aliphatic rings. The van der Waals surface area contributed by atoms with Gasteiger partial charge in [-0.2, -0.15) is 0 Å². The monoisotopic (exact) mass is 126 g/mol. The quantitative estimate of drug-likeness (QED) is 0.486. The van der Waals surface area contributed by atoms with Gasteiger partial charge in [-0.15, -0.1) is 0 Å². The van der Waals surface area contributed by atoms with Gasteiger partial charge in [-0.3, -0.25) is 0 Å². The van der Waals surface area contributed by atoms with Crippen molar-refractivity contribution in [2.45, 2.75) is 16.2 Å². The van der Waals surface area contributed by atoms with E-state index < -0.39 is 11.6 Å². The van der Waals surface area contributed by atoms with Crippen molar-refractivity contribution in [3.05, 3.63) is 0 Å². The molecule has 0 radical (unpaired) electrons. The van der Waals surface area contributed by atoms with E-state index in [4.69, 9.17) is 10.2 Å². The first-order valence-electron chi connectivity index (χ1n) is 2.46. The number of hydrogen-bond donors (Lipinski definition) is 2. The Kier molecular flexibility index (Phi) is 2.98. The molecule has 3 nitrogen and oxygen atoms in total. The van der Waals surface area contributed by atoms with Gasteiger partial charge in [-0.05, 0) is 0 Å². The maximum absolute atomic E-state index is 10.0. The second-order valence-electron chi connectivity index (χ2n) is 1.93. The first-order chi connectivity index (χ1) is 3.50. The summed E-state index contributed by atoms with van der Waals surface area (Å²) < 4.78 is 0.377. The van der Waals surface area contributed by atoms with Crippen molar-refractivity contribution >= 4 is 33.9 Å². The number of hydrogen-bond acceptors (Lipinski definition) is 2. The van der Waals surface area contributed by atoms with Crippen LogP contribution in [-0.2, 0) is 4.79 Å². The van der Waals surface area contributed by atoms with Crippen LogP contribution in [0.3, 0.4) is 0 Å². The summed E-state index contributed by atoms with van der Waals surface area (Å²) in [6.45, 7) is 1.31. The first-order valence-corrected chi connectivity index (χ1v) is 3.88. The Morgan fingerprint density at radius 2 is 2.25 bits per heavy atom. The summed E-state index contributed by atoms with van der Waals surface area (Å²) in [6.07, 6.45) is 0. The molecule has 0 saturated carbocycles. The predicted octanol–water partition coefficient (Wildman–Crippen LogP) is -0.591. The molecule has 0 aromatic rings. The summed E-state index contributed by atoms with van der Waals surface area (Å²) >= 11 is 0.714. The summed E-state index contributed by atoms with van der Waals surface area (Å²) in [5.41, 5.74) is -1.48. The van der Waals surface area contributed by atoms with Crippen molar-refractivity contribution in [2.24, 2.45) is 0 Å². The molecule has 0 spiro atoms. The fraction of sp³-hybridized carbons (Fsp3) is 0.750. The van der Waals surface area contributed by atoms with Crippen LogP contribution in [0.4, 0.5) is 0 Å². The van der Waals surface area contributed by atoms with Gasteiger partial charge in [0.05, 0.1) is 0 Å². The SMILES string of the molecule is CC(O)([CH2][Na])C(=O)O. The zero-order valence-electron chi connectivity index (χ0n) is 5.01. The van der Waals surface area contributed by atoms with E-state index in [0.717, 1.165) is 0 Å². The van der Waals surface area contributed by atoms with Crippen molar-refractivity contribution in [1.29, 1.82) is 0 Å². The Bertz CT molecular complexity index is 99.5. The van der Waals surface area contributed by atoms with Gasteiger partial charge in [0.2, 0.25) is 0 Å². The number of carboxylic acids is 1. The molecule has 1 atom stereocenters. The molecule has 4 heteroatoms. The molecule has 0 aliphatic heterocycles. The fourth-order valence-corrected chi connectivity index (χ4v) is 0.454. The predicted molar refractivity (Wildman–Crippen MR) is 28.8 cm³/mol. The number of carbonyl (C=O) groups is 1. The van der Waals surface area contributed by atoms with E-state index in [0.29, 0.717) is 31.6 Å². The maximum atomic E-state index is 10.0. The Labute approximate surface area is 65.1 Å². The number of aliphatic carboxylic acids is 1.